The number of pyridine rings is 1. The van der Waals surface area contributed by atoms with Crippen LogP contribution < -0.4 is 4.90 Å². The summed E-state index contributed by atoms with van der Waals surface area (Å²) in [6.45, 7) is 5.22. The van der Waals surface area contributed by atoms with Crippen molar-refractivity contribution in [3.8, 4) is 0 Å². The first-order valence-electron chi connectivity index (χ1n) is 9.35. The molecule has 2 fully saturated rings. The van der Waals surface area contributed by atoms with Gasteiger partial charge in [0.1, 0.15) is 11.3 Å². The van der Waals surface area contributed by atoms with Gasteiger partial charge in [0.25, 0.3) is 0 Å². The number of nitrogens with zero attached hydrogens (tertiary/aromatic N) is 3. The summed E-state index contributed by atoms with van der Waals surface area (Å²) in [6, 6.07) is 8.04. The Kier molecular flexibility index (Phi) is 4.61. The summed E-state index contributed by atoms with van der Waals surface area (Å²) >= 11 is 0. The fraction of sp³-hybridized carbons (Fsp3) is 0.550. The second-order valence-corrected chi connectivity index (χ2v) is 7.38. The number of aliphatic hydroxyl groups is 1. The largest absolute Gasteiger partial charge is 0.395 e. The van der Waals surface area contributed by atoms with Gasteiger partial charge in [-0.2, -0.15) is 0 Å². The van der Waals surface area contributed by atoms with Crippen LogP contribution in [0.5, 0.6) is 0 Å². The molecule has 4 rings (SSSR count). The highest BCUT2D eigenvalue weighted by Crippen LogP contribution is 2.34. The molecule has 2 unspecified atom stereocenters. The molecule has 3 heterocycles. The molecule has 1 aromatic heterocycles. The summed E-state index contributed by atoms with van der Waals surface area (Å²) in [7, 11) is 0. The minimum atomic E-state index is -0.252. The maximum atomic E-state index is 14.2. The number of hydrogen-bond acceptors (Lipinski definition) is 4. The van der Waals surface area contributed by atoms with Gasteiger partial charge < -0.3 is 10.0 Å². The Morgan fingerprint density at radius 3 is 2.84 bits per heavy atom. The molecule has 1 aromatic carbocycles. The van der Waals surface area contributed by atoms with Gasteiger partial charge in [-0.05, 0) is 51.3 Å². The summed E-state index contributed by atoms with van der Waals surface area (Å²) in [5, 5.41) is 10.5. The van der Waals surface area contributed by atoms with Crippen LogP contribution in [0.25, 0.3) is 10.9 Å². The number of aromatic nitrogens is 1. The third-order valence-electron chi connectivity index (χ3n) is 5.74. The van der Waals surface area contributed by atoms with E-state index in [1.807, 2.05) is 13.0 Å². The van der Waals surface area contributed by atoms with Crippen LogP contribution in [0.4, 0.5) is 10.1 Å². The SMILES string of the molecule is Cc1cc(N2CCCC2CN2CCCC2CO)c2cccc(F)c2n1. The normalized spacial score (nSPS) is 24.5. The Labute approximate surface area is 148 Å². The standard InChI is InChI=1S/C20H26FN3O/c1-14-11-19(17-7-2-8-18(21)20(17)22-14)24-10-4-5-15(24)12-23-9-3-6-16(23)13-25/h2,7-8,11,15-16,25H,3-6,9-10,12-13H2,1H3. The molecule has 5 heteroatoms. The minimum absolute atomic E-state index is 0.245. The molecule has 4 nitrogen and oxygen atoms in total. The zero-order valence-electron chi connectivity index (χ0n) is 14.8. The Balaban J connectivity index is 1.66. The topological polar surface area (TPSA) is 39.6 Å². The number of rotatable bonds is 4. The van der Waals surface area contributed by atoms with E-state index >= 15 is 0 Å². The summed E-state index contributed by atoms with van der Waals surface area (Å²) in [5.41, 5.74) is 2.43. The van der Waals surface area contributed by atoms with E-state index in [-0.39, 0.29) is 12.4 Å². The van der Waals surface area contributed by atoms with Crippen LogP contribution in [0.2, 0.25) is 0 Å². The molecule has 0 aliphatic carbocycles. The zero-order chi connectivity index (χ0) is 17.4. The van der Waals surface area contributed by atoms with Crippen molar-refractivity contribution in [3.05, 3.63) is 35.8 Å². The van der Waals surface area contributed by atoms with Gasteiger partial charge in [-0.25, -0.2) is 9.37 Å². The van der Waals surface area contributed by atoms with Crippen LogP contribution >= 0.6 is 0 Å². The van der Waals surface area contributed by atoms with Crippen molar-refractivity contribution in [3.63, 3.8) is 0 Å². The molecule has 25 heavy (non-hydrogen) atoms. The highest BCUT2D eigenvalue weighted by atomic mass is 19.1. The molecule has 0 amide bonds. The maximum Gasteiger partial charge on any atom is 0.149 e. The summed E-state index contributed by atoms with van der Waals surface area (Å²) in [6.07, 6.45) is 4.56. The zero-order valence-corrected chi connectivity index (χ0v) is 14.8. The number of fused-ring (bicyclic) bond motifs is 1. The molecule has 2 aliphatic heterocycles. The van der Waals surface area contributed by atoms with Crippen LogP contribution in [0.3, 0.4) is 0 Å². The van der Waals surface area contributed by atoms with Gasteiger partial charge in [0, 0.05) is 41.9 Å². The van der Waals surface area contributed by atoms with Crippen LogP contribution in [-0.2, 0) is 0 Å². The Morgan fingerprint density at radius 2 is 2.00 bits per heavy atom. The third-order valence-corrected chi connectivity index (χ3v) is 5.74. The van der Waals surface area contributed by atoms with Gasteiger partial charge in [-0.1, -0.05) is 12.1 Å². The molecule has 2 saturated heterocycles. The van der Waals surface area contributed by atoms with E-state index in [1.54, 1.807) is 6.07 Å². The summed E-state index contributed by atoms with van der Waals surface area (Å²) in [5.74, 6) is -0.252. The Hall–Kier alpha value is -1.72. The van der Waals surface area contributed by atoms with Crippen LogP contribution in [0.15, 0.2) is 24.3 Å². The van der Waals surface area contributed by atoms with Crippen LogP contribution in [-0.4, -0.2) is 53.3 Å². The van der Waals surface area contributed by atoms with Crippen molar-refractivity contribution < 1.29 is 9.50 Å². The van der Waals surface area contributed by atoms with E-state index in [0.717, 1.165) is 55.7 Å². The lowest BCUT2D eigenvalue weighted by atomic mass is 10.1. The molecular formula is C20H26FN3O. The summed E-state index contributed by atoms with van der Waals surface area (Å²) < 4.78 is 14.2. The smallest absolute Gasteiger partial charge is 0.149 e. The Morgan fingerprint density at radius 1 is 1.20 bits per heavy atom. The second-order valence-electron chi connectivity index (χ2n) is 7.38. The van der Waals surface area contributed by atoms with E-state index in [1.165, 1.54) is 12.5 Å². The lowest BCUT2D eigenvalue weighted by molar-refractivity contribution is 0.153. The number of aryl methyl sites for hydroxylation is 1. The summed E-state index contributed by atoms with van der Waals surface area (Å²) in [4.78, 5) is 9.28. The van der Waals surface area contributed by atoms with Crippen molar-refractivity contribution in [1.82, 2.24) is 9.88 Å². The molecule has 0 radical (unpaired) electrons. The molecular weight excluding hydrogens is 317 g/mol. The molecule has 2 atom stereocenters. The predicted molar refractivity (Wildman–Crippen MR) is 98.5 cm³/mol. The monoisotopic (exact) mass is 343 g/mol. The molecule has 2 aliphatic rings. The number of anilines is 1. The number of para-hydroxylation sites is 1. The highest BCUT2D eigenvalue weighted by Gasteiger charge is 2.32. The first-order chi connectivity index (χ1) is 12.2. The number of aliphatic hydroxyl groups excluding tert-OH is 1. The van der Waals surface area contributed by atoms with Gasteiger partial charge in [0.15, 0.2) is 0 Å². The van der Waals surface area contributed by atoms with E-state index in [0.29, 0.717) is 17.6 Å². The first-order valence-corrected chi connectivity index (χ1v) is 9.35. The number of benzene rings is 1. The number of likely N-dealkylation sites (tertiary alicyclic amines) is 1. The van der Waals surface area contributed by atoms with E-state index in [9.17, 15) is 9.50 Å². The lowest BCUT2D eigenvalue weighted by Crippen LogP contribution is -2.43. The molecule has 1 N–H and O–H groups in total. The fourth-order valence-corrected chi connectivity index (χ4v) is 4.51. The van der Waals surface area contributed by atoms with Gasteiger partial charge in [-0.15, -0.1) is 0 Å². The van der Waals surface area contributed by atoms with Crippen molar-refractivity contribution in [1.29, 1.82) is 0 Å². The number of hydrogen-bond donors (Lipinski definition) is 1. The molecule has 0 spiro atoms. The highest BCUT2D eigenvalue weighted by molar-refractivity contribution is 5.92. The van der Waals surface area contributed by atoms with E-state index < -0.39 is 0 Å². The third kappa shape index (κ3) is 3.11. The van der Waals surface area contributed by atoms with Gasteiger partial charge >= 0.3 is 0 Å². The number of halogens is 1. The lowest BCUT2D eigenvalue weighted by Gasteiger charge is -2.33. The quantitative estimate of drug-likeness (QED) is 0.926. The maximum absolute atomic E-state index is 14.2. The second kappa shape index (κ2) is 6.89. The van der Waals surface area contributed by atoms with Crippen LogP contribution in [0, 0.1) is 12.7 Å². The molecule has 0 saturated carbocycles. The predicted octanol–water partition coefficient (Wildman–Crippen LogP) is 3.11. The Bertz CT molecular complexity index is 766. The van der Waals surface area contributed by atoms with Crippen molar-refractivity contribution in [2.75, 3.05) is 31.1 Å². The van der Waals surface area contributed by atoms with E-state index in [2.05, 4.69) is 20.9 Å². The van der Waals surface area contributed by atoms with Gasteiger partial charge in [-0.3, -0.25) is 4.90 Å². The van der Waals surface area contributed by atoms with Crippen LogP contribution in [0.1, 0.15) is 31.4 Å². The fourth-order valence-electron chi connectivity index (χ4n) is 4.51. The van der Waals surface area contributed by atoms with E-state index in [4.69, 9.17) is 0 Å². The van der Waals surface area contributed by atoms with Gasteiger partial charge in [0.05, 0.1) is 6.61 Å². The molecule has 0 bridgehead atoms. The van der Waals surface area contributed by atoms with Crippen molar-refractivity contribution in [2.45, 2.75) is 44.7 Å². The molecule has 2 aromatic rings. The van der Waals surface area contributed by atoms with Gasteiger partial charge in [0.2, 0.25) is 0 Å². The van der Waals surface area contributed by atoms with Crippen molar-refractivity contribution in [2.24, 2.45) is 0 Å². The first kappa shape index (κ1) is 16.7. The average molecular weight is 343 g/mol. The average Bonchev–Trinajstić information content (AvgIpc) is 3.24. The minimum Gasteiger partial charge on any atom is -0.395 e. The van der Waals surface area contributed by atoms with Crippen molar-refractivity contribution >= 4 is 16.6 Å². The molecule has 134 valence electrons.